The lowest BCUT2D eigenvalue weighted by Crippen LogP contribution is -2.31. The highest BCUT2D eigenvalue weighted by Crippen LogP contribution is 2.29. The molecule has 0 radical (unpaired) electrons. The number of carbonyl (C=O) groups excluding carboxylic acids is 1. The van der Waals surface area contributed by atoms with Gasteiger partial charge in [-0.05, 0) is 42.7 Å². The van der Waals surface area contributed by atoms with Crippen LogP contribution in [0.15, 0.2) is 54.6 Å². The Morgan fingerprint density at radius 2 is 1.80 bits per heavy atom. The molecule has 0 N–H and O–H groups in total. The largest absolute Gasteiger partial charge is 0.497 e. The minimum atomic E-state index is 0.0317. The fourth-order valence-corrected chi connectivity index (χ4v) is 2.76. The summed E-state index contributed by atoms with van der Waals surface area (Å²) in [6.45, 7) is 0.615. The summed E-state index contributed by atoms with van der Waals surface area (Å²) in [4.78, 5) is 14.6. The first-order valence-electron chi connectivity index (χ1n) is 8.46. The molecule has 0 aliphatic heterocycles. The summed E-state index contributed by atoms with van der Waals surface area (Å²) < 4.78 is 10.5. The van der Waals surface area contributed by atoms with Crippen molar-refractivity contribution in [1.82, 2.24) is 4.90 Å². The van der Waals surface area contributed by atoms with E-state index in [0.717, 1.165) is 35.5 Å². The normalized spacial score (nSPS) is 13.7. The monoisotopic (exact) mass is 337 g/mol. The Bertz CT molecular complexity index is 748. The Morgan fingerprint density at radius 3 is 2.44 bits per heavy atom. The molecule has 0 atom stereocenters. The van der Waals surface area contributed by atoms with Gasteiger partial charge in [0, 0.05) is 24.2 Å². The molecule has 4 nitrogen and oxygen atoms in total. The standard InChI is InChI=1S/C21H23NO3/c1-24-19-12-7-16(8-13-19)15-22(18-10-11-18)21(23)14-9-17-5-3-4-6-20(17)25-2/h3-9,12-14,18H,10-11,15H2,1-2H3/b14-9+. The van der Waals surface area contributed by atoms with Crippen molar-refractivity contribution in [3.05, 3.63) is 65.7 Å². The van der Waals surface area contributed by atoms with Crippen molar-refractivity contribution >= 4 is 12.0 Å². The summed E-state index contributed by atoms with van der Waals surface area (Å²) in [5, 5.41) is 0. The number of hydrogen-bond donors (Lipinski definition) is 0. The predicted octanol–water partition coefficient (Wildman–Crippen LogP) is 3.91. The average Bonchev–Trinajstić information content (AvgIpc) is 3.50. The van der Waals surface area contributed by atoms with Gasteiger partial charge >= 0.3 is 0 Å². The first kappa shape index (κ1) is 17.1. The fraction of sp³-hybridized carbons (Fsp3) is 0.286. The molecule has 0 aromatic heterocycles. The van der Waals surface area contributed by atoms with Crippen LogP contribution in [-0.4, -0.2) is 31.1 Å². The molecule has 0 bridgehead atoms. The smallest absolute Gasteiger partial charge is 0.247 e. The number of ether oxygens (including phenoxy) is 2. The Kier molecular flexibility index (Phi) is 5.39. The van der Waals surface area contributed by atoms with E-state index in [9.17, 15) is 4.79 Å². The fourth-order valence-electron chi connectivity index (χ4n) is 2.76. The molecule has 0 unspecified atom stereocenters. The number of methoxy groups -OCH3 is 2. The van der Waals surface area contributed by atoms with Gasteiger partial charge in [0.15, 0.2) is 0 Å². The van der Waals surface area contributed by atoms with Gasteiger partial charge in [0.2, 0.25) is 5.91 Å². The maximum Gasteiger partial charge on any atom is 0.247 e. The zero-order valence-electron chi connectivity index (χ0n) is 14.6. The van der Waals surface area contributed by atoms with Crippen LogP contribution < -0.4 is 9.47 Å². The van der Waals surface area contributed by atoms with Crippen molar-refractivity contribution in [3.63, 3.8) is 0 Å². The van der Waals surface area contributed by atoms with Gasteiger partial charge < -0.3 is 14.4 Å². The number of carbonyl (C=O) groups is 1. The second-order valence-corrected chi connectivity index (χ2v) is 6.12. The maximum atomic E-state index is 12.7. The van der Waals surface area contributed by atoms with E-state index >= 15 is 0 Å². The second kappa shape index (κ2) is 7.88. The van der Waals surface area contributed by atoms with Crippen molar-refractivity contribution in [2.75, 3.05) is 14.2 Å². The van der Waals surface area contributed by atoms with Crippen LogP contribution in [0.25, 0.3) is 6.08 Å². The third kappa shape index (κ3) is 4.41. The van der Waals surface area contributed by atoms with Crippen molar-refractivity contribution in [1.29, 1.82) is 0 Å². The number of benzene rings is 2. The van der Waals surface area contributed by atoms with Crippen molar-refractivity contribution in [2.24, 2.45) is 0 Å². The SMILES string of the molecule is COc1ccc(CN(C(=O)/C=C/c2ccccc2OC)C2CC2)cc1. The van der Waals surface area contributed by atoms with E-state index in [1.165, 1.54) is 0 Å². The van der Waals surface area contributed by atoms with E-state index in [0.29, 0.717) is 12.6 Å². The van der Waals surface area contributed by atoms with Gasteiger partial charge in [-0.25, -0.2) is 0 Å². The third-order valence-electron chi connectivity index (χ3n) is 4.33. The van der Waals surface area contributed by atoms with Gasteiger partial charge in [-0.3, -0.25) is 4.79 Å². The van der Waals surface area contributed by atoms with E-state index in [2.05, 4.69) is 0 Å². The lowest BCUT2D eigenvalue weighted by atomic mass is 10.1. The number of rotatable bonds is 7. The van der Waals surface area contributed by atoms with Gasteiger partial charge in [0.25, 0.3) is 0 Å². The molecular weight excluding hydrogens is 314 g/mol. The van der Waals surface area contributed by atoms with Crippen LogP contribution in [0.2, 0.25) is 0 Å². The highest BCUT2D eigenvalue weighted by atomic mass is 16.5. The molecule has 2 aromatic carbocycles. The Morgan fingerprint density at radius 1 is 1.08 bits per heavy atom. The number of para-hydroxylation sites is 1. The highest BCUT2D eigenvalue weighted by molar-refractivity contribution is 5.92. The molecule has 130 valence electrons. The van der Waals surface area contributed by atoms with Crippen LogP contribution in [0.4, 0.5) is 0 Å². The third-order valence-corrected chi connectivity index (χ3v) is 4.33. The zero-order chi connectivity index (χ0) is 17.6. The molecule has 2 aromatic rings. The molecule has 3 rings (SSSR count). The molecule has 0 heterocycles. The first-order chi connectivity index (χ1) is 12.2. The van der Waals surface area contributed by atoms with Crippen LogP contribution in [0.5, 0.6) is 11.5 Å². The highest BCUT2D eigenvalue weighted by Gasteiger charge is 2.31. The number of amides is 1. The van der Waals surface area contributed by atoms with E-state index < -0.39 is 0 Å². The summed E-state index contributed by atoms with van der Waals surface area (Å²) in [6, 6.07) is 15.9. The predicted molar refractivity (Wildman–Crippen MR) is 98.6 cm³/mol. The molecule has 0 spiro atoms. The molecule has 1 amide bonds. The summed E-state index contributed by atoms with van der Waals surface area (Å²) in [5.41, 5.74) is 2.00. The Labute approximate surface area is 148 Å². The quantitative estimate of drug-likeness (QED) is 0.719. The van der Waals surface area contributed by atoms with Gasteiger partial charge in [0.05, 0.1) is 14.2 Å². The zero-order valence-corrected chi connectivity index (χ0v) is 14.6. The summed E-state index contributed by atoms with van der Waals surface area (Å²) in [6.07, 6.45) is 5.61. The van der Waals surface area contributed by atoms with Gasteiger partial charge in [-0.2, -0.15) is 0 Å². The van der Waals surface area contributed by atoms with Gasteiger partial charge in [-0.1, -0.05) is 30.3 Å². The lowest BCUT2D eigenvalue weighted by Gasteiger charge is -2.21. The topological polar surface area (TPSA) is 38.8 Å². The van der Waals surface area contributed by atoms with E-state index in [1.54, 1.807) is 20.3 Å². The van der Waals surface area contributed by atoms with Gasteiger partial charge in [-0.15, -0.1) is 0 Å². The van der Waals surface area contributed by atoms with Crippen LogP contribution in [-0.2, 0) is 11.3 Å². The molecule has 4 heteroatoms. The van der Waals surface area contributed by atoms with Gasteiger partial charge in [0.1, 0.15) is 11.5 Å². The van der Waals surface area contributed by atoms with E-state index in [4.69, 9.17) is 9.47 Å². The van der Waals surface area contributed by atoms with Crippen LogP contribution >= 0.6 is 0 Å². The average molecular weight is 337 g/mol. The first-order valence-corrected chi connectivity index (χ1v) is 8.46. The number of hydrogen-bond acceptors (Lipinski definition) is 3. The molecular formula is C21H23NO3. The summed E-state index contributed by atoms with van der Waals surface area (Å²) in [7, 11) is 3.28. The molecule has 25 heavy (non-hydrogen) atoms. The van der Waals surface area contributed by atoms with E-state index in [-0.39, 0.29) is 5.91 Å². The van der Waals surface area contributed by atoms with Crippen LogP contribution in [0, 0.1) is 0 Å². The number of nitrogens with zero attached hydrogens (tertiary/aromatic N) is 1. The summed E-state index contributed by atoms with van der Waals surface area (Å²) in [5.74, 6) is 1.62. The molecule has 1 saturated carbocycles. The minimum Gasteiger partial charge on any atom is -0.497 e. The van der Waals surface area contributed by atoms with Crippen LogP contribution in [0.1, 0.15) is 24.0 Å². The van der Waals surface area contributed by atoms with E-state index in [1.807, 2.05) is 59.5 Å². The second-order valence-electron chi connectivity index (χ2n) is 6.12. The van der Waals surface area contributed by atoms with Crippen LogP contribution in [0.3, 0.4) is 0 Å². The molecule has 0 saturated heterocycles. The summed E-state index contributed by atoms with van der Waals surface area (Å²) >= 11 is 0. The lowest BCUT2D eigenvalue weighted by molar-refractivity contribution is -0.127. The molecule has 1 aliphatic carbocycles. The van der Waals surface area contributed by atoms with Crippen molar-refractivity contribution in [3.8, 4) is 11.5 Å². The van der Waals surface area contributed by atoms with Crippen molar-refractivity contribution in [2.45, 2.75) is 25.4 Å². The Hall–Kier alpha value is -2.75. The Balaban J connectivity index is 1.71. The minimum absolute atomic E-state index is 0.0317. The maximum absolute atomic E-state index is 12.7. The van der Waals surface area contributed by atoms with Crippen molar-refractivity contribution < 1.29 is 14.3 Å². The molecule has 1 fully saturated rings. The molecule has 1 aliphatic rings.